The van der Waals surface area contributed by atoms with Gasteiger partial charge in [0.2, 0.25) is 0 Å². The summed E-state index contributed by atoms with van der Waals surface area (Å²) in [7, 11) is 1.49. The van der Waals surface area contributed by atoms with Crippen molar-refractivity contribution in [2.45, 2.75) is 6.04 Å². The number of carbonyl (C=O) groups is 1. The number of aliphatic hydroxyl groups is 1. The Morgan fingerprint density at radius 1 is 1.59 bits per heavy atom. The van der Waals surface area contributed by atoms with E-state index in [0.717, 1.165) is 0 Å². The van der Waals surface area contributed by atoms with Crippen molar-refractivity contribution in [3.05, 3.63) is 29.3 Å². The number of ether oxygens (including phenoxy) is 1. The van der Waals surface area contributed by atoms with Gasteiger partial charge in [-0.25, -0.2) is 0 Å². The Morgan fingerprint density at radius 2 is 2.35 bits per heavy atom. The number of nitrogens with zero attached hydrogens (tertiary/aromatic N) is 2. The molecule has 1 aromatic rings. The molecule has 0 saturated heterocycles. The van der Waals surface area contributed by atoms with Crippen molar-refractivity contribution in [1.82, 2.24) is 4.90 Å². The summed E-state index contributed by atoms with van der Waals surface area (Å²) in [6, 6.07) is 6.61. The van der Waals surface area contributed by atoms with E-state index < -0.39 is 6.04 Å². The van der Waals surface area contributed by atoms with Crippen LogP contribution in [0.5, 0.6) is 5.75 Å². The van der Waals surface area contributed by atoms with Gasteiger partial charge in [-0.15, -0.1) is 0 Å². The van der Waals surface area contributed by atoms with Crippen molar-refractivity contribution in [3.63, 3.8) is 0 Å². The van der Waals surface area contributed by atoms with E-state index in [1.54, 1.807) is 18.2 Å². The molecule has 1 amide bonds. The van der Waals surface area contributed by atoms with Crippen LogP contribution in [0.2, 0.25) is 0 Å². The van der Waals surface area contributed by atoms with Crippen molar-refractivity contribution in [1.29, 1.82) is 5.26 Å². The molecule has 0 aliphatic carbocycles. The number of fused-ring (bicyclic) bond motifs is 1. The van der Waals surface area contributed by atoms with Crippen molar-refractivity contribution in [2.24, 2.45) is 0 Å². The maximum absolute atomic E-state index is 12.1. The smallest absolute Gasteiger partial charge is 0.259 e. The average Bonchev–Trinajstić information content (AvgIpc) is 2.63. The van der Waals surface area contributed by atoms with Crippen LogP contribution in [0.1, 0.15) is 22.0 Å². The van der Waals surface area contributed by atoms with Crippen molar-refractivity contribution >= 4 is 5.91 Å². The molecular weight excluding hydrogens is 220 g/mol. The van der Waals surface area contributed by atoms with Crippen molar-refractivity contribution in [3.8, 4) is 11.8 Å². The van der Waals surface area contributed by atoms with Crippen LogP contribution in [0.4, 0.5) is 0 Å². The van der Waals surface area contributed by atoms with Gasteiger partial charge in [0.1, 0.15) is 11.8 Å². The molecular formula is C12H12N2O3. The summed E-state index contributed by atoms with van der Waals surface area (Å²) in [4.78, 5) is 13.5. The molecule has 5 heteroatoms. The lowest BCUT2D eigenvalue weighted by atomic mass is 10.0. The highest BCUT2D eigenvalue weighted by molar-refractivity contribution is 6.02. The molecule has 1 aliphatic rings. The lowest BCUT2D eigenvalue weighted by molar-refractivity contribution is 0.0719. The van der Waals surface area contributed by atoms with Gasteiger partial charge < -0.3 is 14.7 Å². The summed E-state index contributed by atoms with van der Waals surface area (Å²) in [5.74, 6) is 0.200. The number of β-amino-alcohol motifs (C(OH)–C–C–N with tert-alkyl or cyclic N) is 1. The van der Waals surface area contributed by atoms with Gasteiger partial charge in [0.05, 0.1) is 25.3 Å². The molecule has 1 unspecified atom stereocenters. The number of hydrogen-bond acceptors (Lipinski definition) is 4. The standard InChI is InChI=1S/C12H12N2O3/c1-17-10-4-2-3-8-9(7-13)14(5-6-15)12(16)11(8)10/h2-4,9,15H,5-6H2,1H3. The number of amides is 1. The molecule has 1 aliphatic heterocycles. The summed E-state index contributed by atoms with van der Waals surface area (Å²) >= 11 is 0. The fourth-order valence-corrected chi connectivity index (χ4v) is 2.08. The number of rotatable bonds is 3. The van der Waals surface area contributed by atoms with Crippen LogP contribution in [0.3, 0.4) is 0 Å². The molecule has 17 heavy (non-hydrogen) atoms. The molecule has 0 saturated carbocycles. The molecule has 1 aromatic carbocycles. The third-order valence-corrected chi connectivity index (χ3v) is 2.82. The average molecular weight is 232 g/mol. The maximum Gasteiger partial charge on any atom is 0.259 e. The molecule has 1 heterocycles. The summed E-state index contributed by atoms with van der Waals surface area (Å²) in [5, 5.41) is 18.1. The first-order valence-electron chi connectivity index (χ1n) is 5.23. The van der Waals surface area contributed by atoms with Crippen LogP contribution in [0.25, 0.3) is 0 Å². The predicted octanol–water partition coefficient (Wildman–Crippen LogP) is 0.708. The monoisotopic (exact) mass is 232 g/mol. The fourth-order valence-electron chi connectivity index (χ4n) is 2.08. The van der Waals surface area contributed by atoms with E-state index in [9.17, 15) is 4.79 Å². The van der Waals surface area contributed by atoms with Crippen LogP contribution < -0.4 is 4.74 Å². The van der Waals surface area contributed by atoms with E-state index >= 15 is 0 Å². The first kappa shape index (κ1) is 11.4. The van der Waals surface area contributed by atoms with Gasteiger partial charge in [0, 0.05) is 12.1 Å². The Morgan fingerprint density at radius 3 is 2.94 bits per heavy atom. The zero-order valence-electron chi connectivity index (χ0n) is 9.38. The first-order valence-corrected chi connectivity index (χ1v) is 5.23. The highest BCUT2D eigenvalue weighted by atomic mass is 16.5. The summed E-state index contributed by atoms with van der Waals surface area (Å²) in [6.07, 6.45) is 0. The van der Waals surface area contributed by atoms with Crippen LogP contribution in [-0.4, -0.2) is 36.2 Å². The zero-order chi connectivity index (χ0) is 12.4. The maximum atomic E-state index is 12.1. The van der Waals surface area contributed by atoms with E-state index in [-0.39, 0.29) is 19.1 Å². The van der Waals surface area contributed by atoms with Crippen LogP contribution in [-0.2, 0) is 0 Å². The normalized spacial score (nSPS) is 17.8. The molecule has 88 valence electrons. The first-order chi connectivity index (χ1) is 8.24. The van der Waals surface area contributed by atoms with Gasteiger partial charge >= 0.3 is 0 Å². The SMILES string of the molecule is COc1cccc2c1C(=O)N(CCO)C2C#N. The Bertz CT molecular complexity index is 493. The highest BCUT2D eigenvalue weighted by Crippen LogP contribution is 2.37. The molecule has 0 aromatic heterocycles. The minimum Gasteiger partial charge on any atom is -0.496 e. The van der Waals surface area contributed by atoms with Gasteiger partial charge in [0.15, 0.2) is 0 Å². The van der Waals surface area contributed by atoms with E-state index in [1.165, 1.54) is 12.0 Å². The molecule has 2 rings (SSSR count). The van der Waals surface area contributed by atoms with E-state index in [0.29, 0.717) is 16.9 Å². The second kappa shape index (κ2) is 4.44. The Kier molecular flexibility index (Phi) is 2.98. The second-order valence-electron chi connectivity index (χ2n) is 3.68. The lowest BCUT2D eigenvalue weighted by Gasteiger charge is -2.18. The van der Waals surface area contributed by atoms with Gasteiger partial charge in [-0.3, -0.25) is 4.79 Å². The Balaban J connectivity index is 2.53. The molecule has 5 nitrogen and oxygen atoms in total. The summed E-state index contributed by atoms with van der Waals surface area (Å²) < 4.78 is 5.13. The van der Waals surface area contributed by atoms with Gasteiger partial charge in [-0.1, -0.05) is 12.1 Å². The third kappa shape index (κ3) is 1.63. The van der Waals surface area contributed by atoms with E-state index in [2.05, 4.69) is 6.07 Å². The predicted molar refractivity (Wildman–Crippen MR) is 59.5 cm³/mol. The minimum absolute atomic E-state index is 0.148. The molecule has 0 radical (unpaired) electrons. The van der Waals surface area contributed by atoms with Gasteiger partial charge in [-0.2, -0.15) is 5.26 Å². The van der Waals surface area contributed by atoms with Gasteiger partial charge in [0.25, 0.3) is 5.91 Å². The molecule has 0 bridgehead atoms. The fraction of sp³-hybridized carbons (Fsp3) is 0.333. The van der Waals surface area contributed by atoms with E-state index in [1.807, 2.05) is 0 Å². The number of carbonyl (C=O) groups excluding carboxylic acids is 1. The largest absolute Gasteiger partial charge is 0.496 e. The molecule has 0 spiro atoms. The quantitative estimate of drug-likeness (QED) is 0.832. The second-order valence-corrected chi connectivity index (χ2v) is 3.68. The summed E-state index contributed by atoms with van der Waals surface area (Å²) in [5.41, 5.74) is 1.07. The van der Waals surface area contributed by atoms with E-state index in [4.69, 9.17) is 15.1 Å². The number of aliphatic hydroxyl groups excluding tert-OH is 1. The molecule has 0 fully saturated rings. The van der Waals surface area contributed by atoms with Crippen LogP contribution in [0.15, 0.2) is 18.2 Å². The number of methoxy groups -OCH3 is 1. The minimum atomic E-state index is -0.639. The number of nitriles is 1. The summed E-state index contributed by atoms with van der Waals surface area (Å²) in [6.45, 7) is -0.0187. The van der Waals surface area contributed by atoms with Crippen molar-refractivity contribution in [2.75, 3.05) is 20.3 Å². The van der Waals surface area contributed by atoms with Crippen LogP contribution in [0, 0.1) is 11.3 Å². The molecule has 1 atom stereocenters. The Hall–Kier alpha value is -2.06. The zero-order valence-corrected chi connectivity index (χ0v) is 9.38. The topological polar surface area (TPSA) is 73.6 Å². The van der Waals surface area contributed by atoms with Crippen LogP contribution >= 0.6 is 0 Å². The number of hydrogen-bond donors (Lipinski definition) is 1. The Labute approximate surface area is 98.8 Å². The lowest BCUT2D eigenvalue weighted by Crippen LogP contribution is -2.30. The third-order valence-electron chi connectivity index (χ3n) is 2.82. The van der Waals surface area contributed by atoms with Gasteiger partial charge in [-0.05, 0) is 6.07 Å². The number of benzene rings is 1. The van der Waals surface area contributed by atoms with Crippen molar-refractivity contribution < 1.29 is 14.6 Å². The highest BCUT2D eigenvalue weighted by Gasteiger charge is 2.38. The molecule has 1 N–H and O–H groups in total.